The quantitative estimate of drug-likeness (QED) is 0.146. The molecule has 0 saturated carbocycles. The van der Waals surface area contributed by atoms with E-state index >= 15 is 0 Å². The van der Waals surface area contributed by atoms with E-state index in [0.717, 1.165) is 28.3 Å². The highest BCUT2D eigenvalue weighted by Crippen LogP contribution is 2.52. The lowest BCUT2D eigenvalue weighted by Crippen LogP contribution is -2.11. The van der Waals surface area contributed by atoms with E-state index in [1.807, 2.05) is 0 Å². The number of aromatic nitrogens is 1. The molecule has 12 aromatic rings. The number of benzene rings is 11. The van der Waals surface area contributed by atoms with E-state index < -0.39 is 0 Å². The second-order valence-corrected chi connectivity index (χ2v) is 16.8. The van der Waals surface area contributed by atoms with E-state index in [2.05, 4.69) is 252 Å². The molecule has 0 fully saturated rings. The molecule has 0 radical (unpaired) electrons. The Balaban J connectivity index is 1.02. The summed E-state index contributed by atoms with van der Waals surface area (Å²) in [4.78, 5) is 2.46. The van der Waals surface area contributed by atoms with E-state index in [0.29, 0.717) is 0 Å². The zero-order valence-electron chi connectivity index (χ0n) is 35.0. The highest BCUT2D eigenvalue weighted by Gasteiger charge is 2.26. The minimum absolute atomic E-state index is 1.09. The molecule has 1 heterocycles. The van der Waals surface area contributed by atoms with Crippen molar-refractivity contribution in [3.63, 3.8) is 0 Å². The summed E-state index contributed by atoms with van der Waals surface area (Å²) in [6.07, 6.45) is 0. The Kier molecular flexibility index (Phi) is 8.25. The lowest BCUT2D eigenvalue weighted by atomic mass is 9.96. The second-order valence-electron chi connectivity index (χ2n) is 16.8. The number of rotatable bonds is 7. The molecule has 64 heavy (non-hydrogen) atoms. The van der Waals surface area contributed by atoms with Gasteiger partial charge in [0, 0.05) is 33.4 Å². The minimum atomic E-state index is 1.09. The third kappa shape index (κ3) is 5.66. The number of hydrogen-bond donors (Lipinski definition) is 0. The van der Waals surface area contributed by atoms with Crippen LogP contribution >= 0.6 is 0 Å². The number of nitrogens with zero attached hydrogens (tertiary/aromatic N) is 2. The van der Waals surface area contributed by atoms with Crippen LogP contribution in [-0.2, 0) is 0 Å². The third-order valence-corrected chi connectivity index (χ3v) is 13.3. The van der Waals surface area contributed by atoms with Gasteiger partial charge < -0.3 is 9.47 Å². The van der Waals surface area contributed by atoms with Crippen molar-refractivity contribution in [3.8, 4) is 61.5 Å². The first-order valence-corrected chi connectivity index (χ1v) is 22.1. The summed E-state index contributed by atoms with van der Waals surface area (Å²) < 4.78 is 2.43. The molecule has 11 aromatic carbocycles. The van der Waals surface area contributed by atoms with Crippen molar-refractivity contribution in [2.45, 2.75) is 0 Å². The Labute approximate surface area is 372 Å². The van der Waals surface area contributed by atoms with Gasteiger partial charge in [-0.1, -0.05) is 188 Å². The first-order chi connectivity index (χ1) is 31.8. The Morgan fingerprint density at radius 2 is 0.891 bits per heavy atom. The molecule has 0 unspecified atom stereocenters. The van der Waals surface area contributed by atoms with Gasteiger partial charge >= 0.3 is 0 Å². The van der Waals surface area contributed by atoms with E-state index in [-0.39, 0.29) is 0 Å². The molecule has 13 rings (SSSR count). The summed E-state index contributed by atoms with van der Waals surface area (Å²) in [7, 11) is 0. The van der Waals surface area contributed by atoms with E-state index in [9.17, 15) is 0 Å². The molecule has 1 aromatic heterocycles. The van der Waals surface area contributed by atoms with Gasteiger partial charge in [0.2, 0.25) is 0 Å². The first kappa shape index (κ1) is 36.2. The zero-order valence-corrected chi connectivity index (χ0v) is 35.0. The fourth-order valence-electron chi connectivity index (χ4n) is 10.4. The van der Waals surface area contributed by atoms with Crippen molar-refractivity contribution in [1.29, 1.82) is 0 Å². The van der Waals surface area contributed by atoms with Crippen LogP contribution in [0.2, 0.25) is 0 Å². The summed E-state index contributed by atoms with van der Waals surface area (Å²) >= 11 is 0. The van der Waals surface area contributed by atoms with Crippen molar-refractivity contribution >= 4 is 60.3 Å². The maximum Gasteiger partial charge on any atom is 0.0619 e. The third-order valence-electron chi connectivity index (χ3n) is 13.3. The largest absolute Gasteiger partial charge is 0.310 e. The van der Waals surface area contributed by atoms with Crippen molar-refractivity contribution in [2.24, 2.45) is 0 Å². The molecule has 0 amide bonds. The topological polar surface area (TPSA) is 8.17 Å². The Morgan fingerprint density at radius 1 is 0.312 bits per heavy atom. The molecule has 0 saturated heterocycles. The molecule has 2 nitrogen and oxygen atoms in total. The molecule has 1 aliphatic rings. The van der Waals surface area contributed by atoms with Gasteiger partial charge in [0.1, 0.15) is 0 Å². The minimum Gasteiger partial charge on any atom is -0.310 e. The standard InChI is InChI=1S/C62H40N2/c1-3-16-43(17-4-1)60-55-25-11-12-28-58(55)64(47-19-5-2-6-20-47)62(60)44-33-35-48(36-34-44)63(59-38-37-54-52-24-10-9-23-51(52)53-26-14-27-56(59)61(53)54)49-21-13-18-45(39-49)46-32-31-42-30-29-41-15-7-8-22-50(41)57(42)40-46/h1-40H. The van der Waals surface area contributed by atoms with Gasteiger partial charge in [-0.3, -0.25) is 0 Å². The van der Waals surface area contributed by atoms with Gasteiger partial charge in [-0.05, 0) is 126 Å². The highest BCUT2D eigenvalue weighted by molar-refractivity contribution is 6.19. The lowest BCUT2D eigenvalue weighted by molar-refractivity contribution is 1.13. The summed E-state index contributed by atoms with van der Waals surface area (Å²) in [5.74, 6) is 0. The van der Waals surface area contributed by atoms with E-state index in [1.54, 1.807) is 0 Å². The molecule has 0 N–H and O–H groups in total. The molecule has 298 valence electrons. The van der Waals surface area contributed by atoms with Crippen LogP contribution in [-0.4, -0.2) is 4.57 Å². The number of hydrogen-bond acceptors (Lipinski definition) is 1. The van der Waals surface area contributed by atoms with Crippen LogP contribution in [0.3, 0.4) is 0 Å². The average Bonchev–Trinajstić information content (AvgIpc) is 3.89. The molecule has 0 bridgehead atoms. The van der Waals surface area contributed by atoms with Gasteiger partial charge in [-0.25, -0.2) is 0 Å². The number of anilines is 3. The van der Waals surface area contributed by atoms with Gasteiger partial charge in [0.25, 0.3) is 0 Å². The molecule has 1 aliphatic carbocycles. The summed E-state index contributed by atoms with van der Waals surface area (Å²) in [5, 5.41) is 8.80. The van der Waals surface area contributed by atoms with E-state index in [1.165, 1.54) is 93.4 Å². The van der Waals surface area contributed by atoms with Crippen LogP contribution in [0.4, 0.5) is 17.1 Å². The van der Waals surface area contributed by atoms with Crippen LogP contribution in [0.5, 0.6) is 0 Å². The maximum absolute atomic E-state index is 2.46. The van der Waals surface area contributed by atoms with Crippen LogP contribution in [0.15, 0.2) is 243 Å². The average molecular weight is 813 g/mol. The normalized spacial score (nSPS) is 11.8. The van der Waals surface area contributed by atoms with E-state index in [4.69, 9.17) is 0 Å². The predicted octanol–water partition coefficient (Wildman–Crippen LogP) is 17.2. The van der Waals surface area contributed by atoms with Crippen LogP contribution in [0.1, 0.15) is 0 Å². The SMILES string of the molecule is c1ccc(-c2c(-c3ccc(N(c4cccc(-c5ccc6ccc7ccccc7c6c5)c4)c4ccc5c6c(cccc46)-c4ccccc4-5)cc3)n(-c3ccccc3)c3ccccc23)cc1. The molecule has 0 spiro atoms. The van der Waals surface area contributed by atoms with Gasteiger partial charge in [-0.15, -0.1) is 0 Å². The van der Waals surface area contributed by atoms with Gasteiger partial charge in [0.15, 0.2) is 0 Å². The fourth-order valence-corrected chi connectivity index (χ4v) is 10.4. The number of para-hydroxylation sites is 2. The molecule has 0 atom stereocenters. The zero-order chi connectivity index (χ0) is 42.1. The monoisotopic (exact) mass is 812 g/mol. The Bertz CT molecular complexity index is 3660. The lowest BCUT2D eigenvalue weighted by Gasteiger charge is -2.28. The van der Waals surface area contributed by atoms with Crippen LogP contribution < -0.4 is 4.90 Å². The Hall–Kier alpha value is -8.46. The smallest absolute Gasteiger partial charge is 0.0619 e. The first-order valence-electron chi connectivity index (χ1n) is 22.1. The van der Waals surface area contributed by atoms with Gasteiger partial charge in [-0.2, -0.15) is 0 Å². The van der Waals surface area contributed by atoms with Crippen LogP contribution in [0.25, 0.3) is 105 Å². The van der Waals surface area contributed by atoms with Gasteiger partial charge in [0.05, 0.1) is 16.9 Å². The molecular weight excluding hydrogens is 773 g/mol. The molecule has 2 heteroatoms. The maximum atomic E-state index is 2.46. The van der Waals surface area contributed by atoms with Crippen LogP contribution in [0, 0.1) is 0 Å². The molecular formula is C62H40N2. The van der Waals surface area contributed by atoms with Crippen molar-refractivity contribution < 1.29 is 0 Å². The summed E-state index contributed by atoms with van der Waals surface area (Å²) in [6.45, 7) is 0. The second kappa shape index (κ2) is 14.6. The number of fused-ring (bicyclic) bond motifs is 7. The van der Waals surface area contributed by atoms with Crippen molar-refractivity contribution in [1.82, 2.24) is 4.57 Å². The fraction of sp³-hybridized carbons (Fsp3) is 0. The highest BCUT2D eigenvalue weighted by atomic mass is 15.1. The van der Waals surface area contributed by atoms with Crippen molar-refractivity contribution in [3.05, 3.63) is 243 Å². The van der Waals surface area contributed by atoms with Crippen molar-refractivity contribution in [2.75, 3.05) is 4.90 Å². The predicted molar refractivity (Wildman–Crippen MR) is 271 cm³/mol. The summed E-state index contributed by atoms with van der Waals surface area (Å²) in [5.41, 5.74) is 17.9. The Morgan fingerprint density at radius 3 is 1.70 bits per heavy atom. The summed E-state index contributed by atoms with van der Waals surface area (Å²) in [6, 6.07) is 89.0. The molecule has 0 aliphatic heterocycles.